The van der Waals surface area contributed by atoms with Gasteiger partial charge in [0.05, 0.1) is 6.61 Å². The molecule has 0 fully saturated rings. The molecule has 2 heterocycles. The van der Waals surface area contributed by atoms with Crippen molar-refractivity contribution in [2.45, 2.75) is 33.9 Å². The Balaban J connectivity index is 1.56. The molecule has 0 saturated carbocycles. The highest BCUT2D eigenvalue weighted by atomic mass is 16.5. The molecule has 9 heteroatoms. The van der Waals surface area contributed by atoms with E-state index in [1.165, 1.54) is 0 Å². The van der Waals surface area contributed by atoms with Gasteiger partial charge in [-0.05, 0) is 32.1 Å². The molecule has 0 spiro atoms. The number of aromatic nitrogens is 5. The minimum absolute atomic E-state index is 0.223. The van der Waals surface area contributed by atoms with Crippen molar-refractivity contribution in [1.29, 1.82) is 0 Å². The summed E-state index contributed by atoms with van der Waals surface area (Å²) in [5.74, 6) is -0.446. The number of nitrogens with zero attached hydrogens (tertiary/aromatic N) is 5. The first-order valence-electron chi connectivity index (χ1n) is 9.58. The van der Waals surface area contributed by atoms with E-state index in [0.29, 0.717) is 24.5 Å². The molecule has 0 N–H and O–H groups in total. The number of methoxy groups -OCH3 is 1. The molecular formula is C21H25N5O4. The first-order chi connectivity index (χ1) is 14.4. The third kappa shape index (κ3) is 4.98. The topological polar surface area (TPSA) is 101 Å². The maximum absolute atomic E-state index is 12.5. The van der Waals surface area contributed by atoms with Crippen LogP contribution in [-0.4, -0.2) is 56.9 Å². The van der Waals surface area contributed by atoms with Gasteiger partial charge in [0.15, 0.2) is 13.2 Å². The third-order valence-corrected chi connectivity index (χ3v) is 4.79. The molecule has 0 bridgehead atoms. The summed E-state index contributed by atoms with van der Waals surface area (Å²) in [5.41, 5.74) is 4.25. The number of ether oxygens (including phenoxy) is 2. The van der Waals surface area contributed by atoms with E-state index in [4.69, 9.17) is 9.47 Å². The first-order valence-corrected chi connectivity index (χ1v) is 9.58. The standard InChI is InChI=1S/C21H25N5O4/c1-14-5-7-17(8-6-14)21-22-24-26(23-21)12-20(28)30-13-19(27)18-11-15(2)25(16(18)3)9-10-29-4/h5-8,11H,9-10,12-13H2,1-4H3. The molecule has 0 aliphatic carbocycles. The number of rotatable bonds is 9. The number of tetrazole rings is 1. The summed E-state index contributed by atoms with van der Waals surface area (Å²) in [5, 5.41) is 12.0. The van der Waals surface area contributed by atoms with Crippen LogP contribution < -0.4 is 0 Å². The van der Waals surface area contributed by atoms with Gasteiger partial charge in [-0.3, -0.25) is 4.79 Å². The average molecular weight is 411 g/mol. The van der Waals surface area contributed by atoms with Crippen LogP contribution in [-0.2, 0) is 27.4 Å². The molecule has 30 heavy (non-hydrogen) atoms. The second-order valence-electron chi connectivity index (χ2n) is 7.02. The van der Waals surface area contributed by atoms with E-state index < -0.39 is 5.97 Å². The van der Waals surface area contributed by atoms with Crippen LogP contribution in [0.5, 0.6) is 0 Å². The summed E-state index contributed by atoms with van der Waals surface area (Å²) in [7, 11) is 1.63. The van der Waals surface area contributed by atoms with Crippen LogP contribution in [0.2, 0.25) is 0 Å². The van der Waals surface area contributed by atoms with Gasteiger partial charge in [0.2, 0.25) is 11.6 Å². The zero-order chi connectivity index (χ0) is 21.7. The highest BCUT2D eigenvalue weighted by Gasteiger charge is 2.18. The van der Waals surface area contributed by atoms with Crippen molar-refractivity contribution < 1.29 is 19.1 Å². The quantitative estimate of drug-likeness (QED) is 0.393. The lowest BCUT2D eigenvalue weighted by atomic mass is 10.1. The zero-order valence-electron chi connectivity index (χ0n) is 17.6. The Morgan fingerprint density at radius 1 is 1.10 bits per heavy atom. The minimum atomic E-state index is -0.607. The number of aryl methyl sites for hydroxylation is 2. The van der Waals surface area contributed by atoms with Gasteiger partial charge < -0.3 is 14.0 Å². The number of ketones is 1. The molecular weight excluding hydrogens is 386 g/mol. The third-order valence-electron chi connectivity index (χ3n) is 4.79. The fourth-order valence-corrected chi connectivity index (χ4v) is 3.12. The lowest BCUT2D eigenvalue weighted by molar-refractivity contribution is -0.143. The number of carbonyl (C=O) groups is 2. The summed E-state index contributed by atoms with van der Waals surface area (Å²) in [4.78, 5) is 25.8. The average Bonchev–Trinajstić information content (AvgIpc) is 3.29. The van der Waals surface area contributed by atoms with Crippen LogP contribution in [0.1, 0.15) is 27.3 Å². The van der Waals surface area contributed by atoms with Gasteiger partial charge in [-0.1, -0.05) is 29.8 Å². The van der Waals surface area contributed by atoms with E-state index in [2.05, 4.69) is 15.4 Å². The van der Waals surface area contributed by atoms with Crippen LogP contribution in [0.4, 0.5) is 0 Å². The summed E-state index contributed by atoms with van der Waals surface area (Å²) >= 11 is 0. The van der Waals surface area contributed by atoms with E-state index in [0.717, 1.165) is 27.3 Å². The first kappa shape index (κ1) is 21.4. The molecule has 2 aromatic heterocycles. The zero-order valence-corrected chi connectivity index (χ0v) is 17.6. The second-order valence-corrected chi connectivity index (χ2v) is 7.02. The fraction of sp³-hybridized carbons (Fsp3) is 0.381. The SMILES string of the molecule is COCCn1c(C)cc(C(=O)COC(=O)Cn2nnc(-c3ccc(C)cc3)n2)c1C. The van der Waals surface area contributed by atoms with Gasteiger partial charge in [0.25, 0.3) is 0 Å². The van der Waals surface area contributed by atoms with Crippen molar-refractivity contribution in [3.05, 3.63) is 52.8 Å². The minimum Gasteiger partial charge on any atom is -0.456 e. The van der Waals surface area contributed by atoms with Crippen molar-refractivity contribution in [1.82, 2.24) is 24.8 Å². The molecule has 0 aliphatic heterocycles. The van der Waals surface area contributed by atoms with Crippen LogP contribution >= 0.6 is 0 Å². The molecule has 1 aromatic carbocycles. The van der Waals surface area contributed by atoms with E-state index in [9.17, 15) is 9.59 Å². The highest BCUT2D eigenvalue weighted by Crippen LogP contribution is 2.16. The Hall–Kier alpha value is -3.33. The van der Waals surface area contributed by atoms with E-state index in [-0.39, 0.29) is 18.9 Å². The van der Waals surface area contributed by atoms with Gasteiger partial charge in [-0.25, -0.2) is 4.79 Å². The molecule has 0 aliphatic rings. The van der Waals surface area contributed by atoms with Gasteiger partial charge in [-0.2, -0.15) is 4.80 Å². The number of Topliss-reactive ketones (excluding diaryl/α,β-unsaturated/α-hetero) is 1. The van der Waals surface area contributed by atoms with Crippen molar-refractivity contribution in [3.63, 3.8) is 0 Å². The predicted molar refractivity (Wildman–Crippen MR) is 109 cm³/mol. The Bertz CT molecular complexity index is 1040. The molecule has 158 valence electrons. The summed E-state index contributed by atoms with van der Waals surface area (Å²) < 4.78 is 12.2. The second kappa shape index (κ2) is 9.45. The smallest absolute Gasteiger partial charge is 0.330 e. The van der Waals surface area contributed by atoms with Crippen LogP contribution in [0.15, 0.2) is 30.3 Å². The van der Waals surface area contributed by atoms with Gasteiger partial charge >= 0.3 is 5.97 Å². The Morgan fingerprint density at radius 2 is 1.83 bits per heavy atom. The predicted octanol–water partition coefficient (Wildman–Crippen LogP) is 2.14. The van der Waals surface area contributed by atoms with Crippen molar-refractivity contribution in [2.75, 3.05) is 20.3 Å². The Morgan fingerprint density at radius 3 is 2.53 bits per heavy atom. The Kier molecular flexibility index (Phi) is 6.73. The number of esters is 1. The van der Waals surface area contributed by atoms with Gasteiger partial charge in [-0.15, -0.1) is 10.2 Å². The van der Waals surface area contributed by atoms with Gasteiger partial charge in [0, 0.05) is 36.2 Å². The highest BCUT2D eigenvalue weighted by molar-refractivity contribution is 5.99. The molecule has 0 atom stereocenters. The van der Waals surface area contributed by atoms with Crippen LogP contribution in [0, 0.1) is 20.8 Å². The normalized spacial score (nSPS) is 10.9. The van der Waals surface area contributed by atoms with Crippen molar-refractivity contribution >= 4 is 11.8 Å². The van der Waals surface area contributed by atoms with Crippen molar-refractivity contribution in [2.24, 2.45) is 0 Å². The summed E-state index contributed by atoms with van der Waals surface area (Å²) in [6.07, 6.45) is 0. The van der Waals surface area contributed by atoms with E-state index >= 15 is 0 Å². The van der Waals surface area contributed by atoms with Crippen LogP contribution in [0.25, 0.3) is 11.4 Å². The molecule has 0 amide bonds. The molecule has 0 saturated heterocycles. The summed E-state index contributed by atoms with van der Waals surface area (Å²) in [6.45, 7) is 6.42. The van der Waals surface area contributed by atoms with E-state index in [1.54, 1.807) is 13.2 Å². The largest absolute Gasteiger partial charge is 0.456 e. The fourth-order valence-electron chi connectivity index (χ4n) is 3.12. The molecule has 0 unspecified atom stereocenters. The number of hydrogen-bond donors (Lipinski definition) is 0. The molecule has 3 rings (SSSR count). The van der Waals surface area contributed by atoms with E-state index in [1.807, 2.05) is 49.6 Å². The summed E-state index contributed by atoms with van der Waals surface area (Å²) in [6, 6.07) is 9.46. The maximum Gasteiger partial charge on any atom is 0.330 e. The molecule has 3 aromatic rings. The Labute approximate surface area is 174 Å². The monoisotopic (exact) mass is 411 g/mol. The molecule has 0 radical (unpaired) electrons. The lowest BCUT2D eigenvalue weighted by Gasteiger charge is -2.09. The van der Waals surface area contributed by atoms with Gasteiger partial charge in [0.1, 0.15) is 0 Å². The number of benzene rings is 1. The van der Waals surface area contributed by atoms with Crippen molar-refractivity contribution in [3.8, 4) is 11.4 Å². The lowest BCUT2D eigenvalue weighted by Crippen LogP contribution is -2.20. The maximum atomic E-state index is 12.5. The number of carbonyl (C=O) groups excluding carboxylic acids is 2. The van der Waals surface area contributed by atoms with Crippen LogP contribution in [0.3, 0.4) is 0 Å². The molecule has 9 nitrogen and oxygen atoms in total. The number of hydrogen-bond acceptors (Lipinski definition) is 7.